The van der Waals surface area contributed by atoms with E-state index in [1.54, 1.807) is 18.6 Å². The van der Waals surface area contributed by atoms with Gasteiger partial charge >= 0.3 is 0 Å². The van der Waals surface area contributed by atoms with Gasteiger partial charge in [-0.1, -0.05) is 6.07 Å². The summed E-state index contributed by atoms with van der Waals surface area (Å²) >= 11 is 0. The van der Waals surface area contributed by atoms with Gasteiger partial charge in [-0.15, -0.1) is 0 Å². The first kappa shape index (κ1) is 12.4. The van der Waals surface area contributed by atoms with Crippen LogP contribution in [0.2, 0.25) is 0 Å². The van der Waals surface area contributed by atoms with Crippen molar-refractivity contribution < 1.29 is 0 Å². The van der Waals surface area contributed by atoms with Crippen molar-refractivity contribution in [3.8, 4) is 0 Å². The Labute approximate surface area is 115 Å². The molecule has 0 atom stereocenters. The van der Waals surface area contributed by atoms with Crippen LogP contribution in [0.1, 0.15) is 5.69 Å². The van der Waals surface area contributed by atoms with E-state index in [9.17, 15) is 0 Å². The van der Waals surface area contributed by atoms with E-state index in [0.717, 1.165) is 24.3 Å². The van der Waals surface area contributed by atoms with E-state index in [-0.39, 0.29) is 0 Å². The van der Waals surface area contributed by atoms with E-state index in [0.29, 0.717) is 11.6 Å². The first-order chi connectivity index (χ1) is 9.86. The maximum atomic E-state index is 5.41. The molecule has 0 radical (unpaired) electrons. The van der Waals surface area contributed by atoms with Gasteiger partial charge in [0.2, 0.25) is 0 Å². The molecule has 3 aromatic rings. The molecule has 3 aromatic heterocycles. The number of hydrazine groups is 1. The van der Waals surface area contributed by atoms with Crippen molar-refractivity contribution in [2.45, 2.75) is 6.42 Å². The van der Waals surface area contributed by atoms with Crippen LogP contribution in [0.4, 0.5) is 11.6 Å². The van der Waals surface area contributed by atoms with Crippen LogP contribution in [-0.4, -0.2) is 25.9 Å². The smallest absolute Gasteiger partial charge is 0.180 e. The molecule has 3 rings (SSSR count). The van der Waals surface area contributed by atoms with Crippen LogP contribution in [-0.2, 0) is 6.42 Å². The lowest BCUT2D eigenvalue weighted by molar-refractivity contribution is 0.950. The second kappa shape index (κ2) is 5.54. The fourth-order valence-corrected chi connectivity index (χ4v) is 1.97. The van der Waals surface area contributed by atoms with Crippen molar-refractivity contribution in [3.63, 3.8) is 0 Å². The van der Waals surface area contributed by atoms with Crippen LogP contribution in [0.25, 0.3) is 5.65 Å². The van der Waals surface area contributed by atoms with Crippen LogP contribution in [0.3, 0.4) is 0 Å². The second-order valence-corrected chi connectivity index (χ2v) is 4.28. The first-order valence-electron chi connectivity index (χ1n) is 6.31. The van der Waals surface area contributed by atoms with Gasteiger partial charge in [-0.2, -0.15) is 0 Å². The third-order valence-corrected chi connectivity index (χ3v) is 2.92. The zero-order valence-electron chi connectivity index (χ0n) is 10.8. The monoisotopic (exact) mass is 269 g/mol. The van der Waals surface area contributed by atoms with E-state index >= 15 is 0 Å². The van der Waals surface area contributed by atoms with Gasteiger partial charge in [0.05, 0.1) is 6.20 Å². The van der Waals surface area contributed by atoms with Crippen molar-refractivity contribution >= 4 is 17.3 Å². The molecule has 3 heterocycles. The maximum absolute atomic E-state index is 5.41. The van der Waals surface area contributed by atoms with E-state index in [4.69, 9.17) is 5.84 Å². The number of nitrogens with zero attached hydrogens (tertiary/aromatic N) is 4. The van der Waals surface area contributed by atoms with Crippen LogP contribution < -0.4 is 16.6 Å². The summed E-state index contributed by atoms with van der Waals surface area (Å²) in [6, 6.07) is 5.88. The molecule has 102 valence electrons. The Morgan fingerprint density at radius 3 is 2.95 bits per heavy atom. The second-order valence-electron chi connectivity index (χ2n) is 4.28. The van der Waals surface area contributed by atoms with Crippen LogP contribution in [0, 0.1) is 0 Å². The Bertz CT molecular complexity index is 692. The topological polar surface area (TPSA) is 93.2 Å². The summed E-state index contributed by atoms with van der Waals surface area (Å²) in [5.41, 5.74) is 4.35. The summed E-state index contributed by atoms with van der Waals surface area (Å²) < 4.78 is 1.87. The highest BCUT2D eigenvalue weighted by Gasteiger charge is 2.06. The minimum absolute atomic E-state index is 0.579. The Morgan fingerprint density at radius 1 is 1.20 bits per heavy atom. The highest BCUT2D eigenvalue weighted by atomic mass is 15.3. The largest absolute Gasteiger partial charge is 0.367 e. The molecule has 0 bridgehead atoms. The molecule has 4 N–H and O–H groups in total. The average molecular weight is 269 g/mol. The van der Waals surface area contributed by atoms with Gasteiger partial charge in [0.25, 0.3) is 0 Å². The molecule has 0 saturated carbocycles. The molecular formula is C13H15N7. The molecule has 0 aliphatic carbocycles. The molecule has 7 nitrogen and oxygen atoms in total. The molecular weight excluding hydrogens is 254 g/mol. The number of anilines is 2. The number of hydrogen-bond donors (Lipinski definition) is 3. The fourth-order valence-electron chi connectivity index (χ4n) is 1.97. The van der Waals surface area contributed by atoms with Crippen molar-refractivity contribution in [3.05, 3.63) is 48.7 Å². The maximum Gasteiger partial charge on any atom is 0.180 e. The average Bonchev–Trinajstić information content (AvgIpc) is 2.96. The standard InChI is InChI=1S/C13H15N7/c14-19-11-9-20-8-7-17-13(20)12(18-11)16-6-4-10-3-1-2-5-15-10/h1-3,5,7-9,19H,4,6,14H2,(H,16,18). The van der Waals surface area contributed by atoms with Gasteiger partial charge in [0.1, 0.15) is 0 Å². The summed E-state index contributed by atoms with van der Waals surface area (Å²) in [4.78, 5) is 12.9. The SMILES string of the molecule is NNc1cn2ccnc2c(NCCc2ccccn2)n1. The number of nitrogens with one attached hydrogen (secondary N) is 2. The quantitative estimate of drug-likeness (QED) is 0.474. The minimum atomic E-state index is 0.579. The van der Waals surface area contributed by atoms with E-state index in [1.165, 1.54) is 0 Å². The lowest BCUT2D eigenvalue weighted by Gasteiger charge is -2.09. The Morgan fingerprint density at radius 2 is 2.15 bits per heavy atom. The molecule has 0 spiro atoms. The summed E-state index contributed by atoms with van der Waals surface area (Å²) in [7, 11) is 0. The third-order valence-electron chi connectivity index (χ3n) is 2.92. The number of rotatable bonds is 5. The molecule has 0 unspecified atom stereocenters. The molecule has 0 aliphatic heterocycles. The van der Waals surface area contributed by atoms with Gasteiger partial charge in [0, 0.05) is 37.3 Å². The highest BCUT2D eigenvalue weighted by molar-refractivity contribution is 5.65. The molecule has 0 saturated heterocycles. The molecule has 0 aliphatic rings. The van der Waals surface area contributed by atoms with Crippen molar-refractivity contribution in [1.29, 1.82) is 0 Å². The summed E-state index contributed by atoms with van der Waals surface area (Å²) in [5, 5.41) is 3.27. The van der Waals surface area contributed by atoms with Gasteiger partial charge < -0.3 is 15.1 Å². The van der Waals surface area contributed by atoms with E-state index in [2.05, 4.69) is 25.7 Å². The summed E-state index contributed by atoms with van der Waals surface area (Å²) in [5.74, 6) is 6.69. The Kier molecular flexibility index (Phi) is 3.42. The van der Waals surface area contributed by atoms with Crippen LogP contribution >= 0.6 is 0 Å². The van der Waals surface area contributed by atoms with E-state index < -0.39 is 0 Å². The number of hydrogen-bond acceptors (Lipinski definition) is 6. The van der Waals surface area contributed by atoms with Crippen molar-refractivity contribution in [1.82, 2.24) is 19.4 Å². The number of nitrogens with two attached hydrogens (primary N) is 1. The van der Waals surface area contributed by atoms with Gasteiger partial charge in [-0.3, -0.25) is 4.98 Å². The van der Waals surface area contributed by atoms with Crippen LogP contribution in [0.5, 0.6) is 0 Å². The van der Waals surface area contributed by atoms with Gasteiger partial charge in [-0.25, -0.2) is 15.8 Å². The lowest BCUT2D eigenvalue weighted by Crippen LogP contribution is -2.13. The first-order valence-corrected chi connectivity index (χ1v) is 6.31. The molecule has 20 heavy (non-hydrogen) atoms. The Hall–Kier alpha value is -2.67. The predicted octanol–water partition coefficient (Wildman–Crippen LogP) is 1.06. The van der Waals surface area contributed by atoms with Crippen molar-refractivity contribution in [2.75, 3.05) is 17.3 Å². The lowest BCUT2D eigenvalue weighted by atomic mass is 10.3. The predicted molar refractivity (Wildman–Crippen MR) is 77.2 cm³/mol. The number of pyridine rings is 1. The molecule has 0 fully saturated rings. The number of aromatic nitrogens is 4. The summed E-state index contributed by atoms with van der Waals surface area (Å²) in [6.45, 7) is 0.723. The summed E-state index contributed by atoms with van der Waals surface area (Å²) in [6.07, 6.45) is 7.96. The minimum Gasteiger partial charge on any atom is -0.367 e. The zero-order valence-corrected chi connectivity index (χ0v) is 10.8. The number of imidazole rings is 1. The molecule has 0 aromatic carbocycles. The molecule has 0 amide bonds. The van der Waals surface area contributed by atoms with Crippen LogP contribution in [0.15, 0.2) is 43.0 Å². The van der Waals surface area contributed by atoms with Crippen molar-refractivity contribution in [2.24, 2.45) is 5.84 Å². The highest BCUT2D eigenvalue weighted by Crippen LogP contribution is 2.15. The third kappa shape index (κ3) is 2.52. The van der Waals surface area contributed by atoms with E-state index in [1.807, 2.05) is 28.8 Å². The van der Waals surface area contributed by atoms with Gasteiger partial charge in [-0.05, 0) is 12.1 Å². The number of nitrogen functional groups attached to an aromatic ring is 1. The Balaban J connectivity index is 1.75. The zero-order chi connectivity index (χ0) is 13.8. The fraction of sp³-hybridized carbons (Fsp3) is 0.154. The number of fused-ring (bicyclic) bond motifs is 1. The normalized spacial score (nSPS) is 10.7. The molecule has 7 heteroatoms. The van der Waals surface area contributed by atoms with Gasteiger partial charge in [0.15, 0.2) is 17.3 Å².